The molecule has 5 nitrogen and oxygen atoms in total. The number of hydrogen-bond donors (Lipinski definition) is 2. The van der Waals surface area contributed by atoms with E-state index in [1.165, 1.54) is 0 Å². The van der Waals surface area contributed by atoms with E-state index in [9.17, 15) is 14.5 Å². The number of rotatable bonds is 9. The van der Waals surface area contributed by atoms with Crippen molar-refractivity contribution in [1.29, 1.82) is 0 Å². The molecule has 0 aliphatic carbocycles. The minimum Gasteiger partial charge on any atom is -0.598 e. The van der Waals surface area contributed by atoms with Crippen molar-refractivity contribution in [2.75, 3.05) is 0 Å². The molecule has 0 radical (unpaired) electrons. The van der Waals surface area contributed by atoms with Crippen molar-refractivity contribution in [3.8, 4) is 0 Å². The first kappa shape index (κ1) is 25.6. The average Bonchev–Trinajstić information content (AvgIpc) is 2.57. The summed E-state index contributed by atoms with van der Waals surface area (Å²) in [6.45, 7) is 13.1. The first-order valence-corrected chi connectivity index (χ1v) is 14.1. The van der Waals surface area contributed by atoms with Gasteiger partial charge in [-0.25, -0.2) is 9.37 Å². The summed E-state index contributed by atoms with van der Waals surface area (Å²) in [4.78, 5) is 15.9. The molecule has 0 aliphatic rings. The number of aliphatic carboxylic acids is 1. The van der Waals surface area contributed by atoms with Gasteiger partial charge in [-0.05, 0) is 54.9 Å². The average molecular weight is 496 g/mol. The van der Waals surface area contributed by atoms with Crippen molar-refractivity contribution in [2.24, 2.45) is 0 Å². The van der Waals surface area contributed by atoms with Crippen molar-refractivity contribution >= 4 is 46.5 Å². The molecular formula is C19H32BrFN2O3SSi. The van der Waals surface area contributed by atoms with Crippen molar-refractivity contribution in [3.63, 3.8) is 0 Å². The Balaban J connectivity index is 3.69. The van der Waals surface area contributed by atoms with E-state index in [2.05, 4.69) is 46.4 Å². The largest absolute Gasteiger partial charge is 0.598 e. The maximum absolute atomic E-state index is 15.8. The fourth-order valence-corrected chi connectivity index (χ4v) is 8.57. The van der Waals surface area contributed by atoms with Crippen molar-refractivity contribution < 1.29 is 18.8 Å². The Labute approximate surface area is 180 Å². The Morgan fingerprint density at radius 2 is 1.79 bits per heavy atom. The number of carboxylic acid groups (broad SMARTS) is 1. The summed E-state index contributed by atoms with van der Waals surface area (Å²) in [5.74, 6) is -1.59. The van der Waals surface area contributed by atoms with Crippen LogP contribution in [-0.2, 0) is 21.7 Å². The first-order chi connectivity index (χ1) is 12.8. The highest BCUT2D eigenvalue weighted by molar-refractivity contribution is 9.10. The third-order valence-electron chi connectivity index (χ3n) is 5.43. The quantitative estimate of drug-likeness (QED) is 0.301. The highest BCUT2D eigenvalue weighted by Gasteiger charge is 2.44. The molecule has 0 saturated heterocycles. The van der Waals surface area contributed by atoms with Gasteiger partial charge in [-0.1, -0.05) is 38.9 Å². The molecular weight excluding hydrogens is 463 g/mol. The first-order valence-electron chi connectivity index (χ1n) is 9.54. The summed E-state index contributed by atoms with van der Waals surface area (Å²) in [6, 6.07) is 4.38. The van der Waals surface area contributed by atoms with E-state index in [4.69, 9.17) is 0 Å². The molecule has 1 unspecified atom stereocenters. The van der Waals surface area contributed by atoms with E-state index in [1.807, 2.05) is 0 Å². The zero-order chi connectivity index (χ0) is 21.9. The van der Waals surface area contributed by atoms with Crippen LogP contribution in [0.1, 0.15) is 60.6 Å². The number of pyridine rings is 1. The van der Waals surface area contributed by atoms with Gasteiger partial charge in [0.2, 0.25) is 0 Å². The molecule has 1 aromatic rings. The standard InChI is InChI=1S/C19H32BrFN2O3SSi/c1-8-28(9-2,10-3)13-11-14(20)22-17(16(13)21)19(7,12-15(24)25)23-27(26)18(4,5)6/h11,23H,8-10,12H2,1-7H3,(H,24,25)/t19?,27-/m1/s1. The van der Waals surface area contributed by atoms with Crippen LogP contribution < -0.4 is 9.91 Å². The van der Waals surface area contributed by atoms with E-state index < -0.39 is 47.9 Å². The second-order valence-corrected chi connectivity index (χ2v) is 16.4. The number of aromatic nitrogens is 1. The Bertz CT molecular complexity index is 705. The lowest BCUT2D eigenvalue weighted by Crippen LogP contribution is -2.54. The highest BCUT2D eigenvalue weighted by atomic mass is 79.9. The monoisotopic (exact) mass is 494 g/mol. The van der Waals surface area contributed by atoms with Gasteiger partial charge in [-0.2, -0.15) is 0 Å². The van der Waals surface area contributed by atoms with Gasteiger partial charge in [-0.15, -0.1) is 4.72 Å². The van der Waals surface area contributed by atoms with Gasteiger partial charge >= 0.3 is 5.97 Å². The molecule has 0 bridgehead atoms. The van der Waals surface area contributed by atoms with E-state index >= 15 is 4.39 Å². The Hall–Kier alpha value is -0.483. The van der Waals surface area contributed by atoms with Crippen LogP contribution in [0.5, 0.6) is 0 Å². The maximum Gasteiger partial charge on any atom is 0.305 e. The lowest BCUT2D eigenvalue weighted by atomic mass is 9.94. The summed E-state index contributed by atoms with van der Waals surface area (Å²) in [7, 11) is -2.09. The van der Waals surface area contributed by atoms with Crippen LogP contribution in [-0.4, -0.2) is 33.4 Å². The van der Waals surface area contributed by atoms with Crippen LogP contribution in [0, 0.1) is 5.82 Å². The van der Waals surface area contributed by atoms with Gasteiger partial charge in [0, 0.05) is 11.4 Å². The van der Waals surface area contributed by atoms with Crippen LogP contribution in [0.15, 0.2) is 10.7 Å². The summed E-state index contributed by atoms with van der Waals surface area (Å²) in [5, 5.41) is 10.1. The molecule has 2 atom stereocenters. The molecule has 9 heteroatoms. The minimum atomic E-state index is -2.09. The summed E-state index contributed by atoms with van der Waals surface area (Å²) in [5.41, 5.74) is -1.41. The number of hydrogen-bond acceptors (Lipinski definition) is 4. The molecule has 1 rings (SSSR count). The SMILES string of the molecule is CC[Si](CC)(CC)c1cc(Br)nc(C(C)(CC(=O)O)N[S@+]([O-])C(C)(C)C)c1F. The van der Waals surface area contributed by atoms with Gasteiger partial charge in [-0.3, -0.25) is 4.79 Å². The second-order valence-electron chi connectivity index (χ2n) is 8.38. The van der Waals surface area contributed by atoms with Gasteiger partial charge in [0.25, 0.3) is 0 Å². The zero-order valence-electron chi connectivity index (χ0n) is 17.8. The third kappa shape index (κ3) is 5.56. The van der Waals surface area contributed by atoms with Crippen molar-refractivity contribution in [1.82, 2.24) is 9.71 Å². The van der Waals surface area contributed by atoms with Crippen LogP contribution in [0.4, 0.5) is 4.39 Å². The molecule has 0 amide bonds. The summed E-state index contributed by atoms with van der Waals surface area (Å²) >= 11 is 1.79. The Morgan fingerprint density at radius 1 is 1.29 bits per heavy atom. The molecule has 0 aliphatic heterocycles. The maximum atomic E-state index is 15.8. The minimum absolute atomic E-state index is 0.00380. The number of nitrogens with zero attached hydrogens (tertiary/aromatic N) is 1. The molecule has 1 aromatic heterocycles. The van der Waals surface area contributed by atoms with E-state index in [-0.39, 0.29) is 5.69 Å². The van der Waals surface area contributed by atoms with Crippen LogP contribution in [0.3, 0.4) is 0 Å². The fourth-order valence-electron chi connectivity index (χ4n) is 3.40. The molecule has 160 valence electrons. The Morgan fingerprint density at radius 3 is 2.18 bits per heavy atom. The van der Waals surface area contributed by atoms with Gasteiger partial charge in [0.05, 0.1) is 14.5 Å². The predicted octanol–water partition coefficient (Wildman–Crippen LogP) is 4.44. The lowest BCUT2D eigenvalue weighted by Gasteiger charge is -2.35. The van der Waals surface area contributed by atoms with Crippen LogP contribution in [0.2, 0.25) is 18.1 Å². The normalized spacial score (nSPS) is 15.9. The summed E-state index contributed by atoms with van der Waals surface area (Å²) < 4.78 is 31.2. The molecule has 2 N–H and O–H groups in total. The van der Waals surface area contributed by atoms with Crippen molar-refractivity contribution in [2.45, 2.75) is 83.3 Å². The molecule has 0 spiro atoms. The zero-order valence-corrected chi connectivity index (χ0v) is 21.2. The van der Waals surface area contributed by atoms with E-state index in [1.54, 1.807) is 33.8 Å². The number of carboxylic acids is 1. The number of carbonyl (C=O) groups is 1. The highest BCUT2D eigenvalue weighted by Crippen LogP contribution is 2.32. The van der Waals surface area contributed by atoms with Gasteiger partial charge < -0.3 is 9.66 Å². The lowest BCUT2D eigenvalue weighted by molar-refractivity contribution is -0.138. The van der Waals surface area contributed by atoms with Crippen LogP contribution in [0.25, 0.3) is 0 Å². The van der Waals surface area contributed by atoms with Gasteiger partial charge in [0.1, 0.15) is 26.4 Å². The smallest absolute Gasteiger partial charge is 0.305 e. The number of nitrogens with one attached hydrogen (secondary N) is 1. The van der Waals surface area contributed by atoms with E-state index in [0.717, 1.165) is 18.1 Å². The molecule has 1 heterocycles. The number of halogens is 2. The molecule has 28 heavy (non-hydrogen) atoms. The molecule has 0 aromatic carbocycles. The Kier molecular flexibility index (Phi) is 8.72. The predicted molar refractivity (Wildman–Crippen MR) is 119 cm³/mol. The molecule has 0 saturated carbocycles. The van der Waals surface area contributed by atoms with Gasteiger partial charge in [0.15, 0.2) is 0 Å². The fraction of sp³-hybridized carbons (Fsp3) is 0.684. The topological polar surface area (TPSA) is 85.3 Å². The van der Waals surface area contributed by atoms with Crippen LogP contribution >= 0.6 is 15.9 Å². The van der Waals surface area contributed by atoms with E-state index in [0.29, 0.717) is 9.79 Å². The second kappa shape index (κ2) is 9.55. The van der Waals surface area contributed by atoms with Crippen molar-refractivity contribution in [3.05, 3.63) is 22.2 Å². The summed E-state index contributed by atoms with van der Waals surface area (Å²) in [6.07, 6.45) is -0.437. The third-order valence-corrected chi connectivity index (χ3v) is 13.2. The molecule has 0 fully saturated rings.